The quantitative estimate of drug-likeness (QED) is 0.729. The molecular weight excluding hydrogens is 294 g/mol. The van der Waals surface area contributed by atoms with Crippen LogP contribution in [-0.2, 0) is 19.5 Å². The van der Waals surface area contributed by atoms with Crippen LogP contribution < -0.4 is 9.46 Å². The molecule has 1 aromatic rings. The molecule has 1 aliphatic heterocycles. The van der Waals surface area contributed by atoms with Gasteiger partial charge in [-0.05, 0) is 37.1 Å². The second-order valence-electron chi connectivity index (χ2n) is 4.80. The van der Waals surface area contributed by atoms with E-state index in [4.69, 9.17) is 14.2 Å². The van der Waals surface area contributed by atoms with Gasteiger partial charge in [-0.15, -0.1) is 0 Å². The predicted molar refractivity (Wildman–Crippen MR) is 78.0 cm³/mol. The molecule has 118 valence electrons. The van der Waals surface area contributed by atoms with Gasteiger partial charge in [0.1, 0.15) is 12.4 Å². The third-order valence-electron chi connectivity index (χ3n) is 3.22. The summed E-state index contributed by atoms with van der Waals surface area (Å²) in [6.45, 7) is 1.94. The molecule has 1 fully saturated rings. The third-order valence-corrected chi connectivity index (χ3v) is 4.65. The lowest BCUT2D eigenvalue weighted by Gasteiger charge is -2.12. The van der Waals surface area contributed by atoms with Gasteiger partial charge in [0.05, 0.1) is 17.6 Å². The van der Waals surface area contributed by atoms with Crippen molar-refractivity contribution in [2.24, 2.45) is 0 Å². The molecule has 7 heteroatoms. The van der Waals surface area contributed by atoms with Gasteiger partial charge >= 0.3 is 0 Å². The maximum Gasteiger partial charge on any atom is 0.240 e. The van der Waals surface area contributed by atoms with Crippen LogP contribution in [0.5, 0.6) is 5.75 Å². The summed E-state index contributed by atoms with van der Waals surface area (Å²) < 4.78 is 42.5. The summed E-state index contributed by atoms with van der Waals surface area (Å²) in [6, 6.07) is 6.33. The molecule has 0 bridgehead atoms. The van der Waals surface area contributed by atoms with Crippen LogP contribution in [0.1, 0.15) is 12.8 Å². The fourth-order valence-electron chi connectivity index (χ4n) is 2.05. The second-order valence-corrected chi connectivity index (χ2v) is 6.57. The van der Waals surface area contributed by atoms with Crippen molar-refractivity contribution < 1.29 is 22.6 Å². The van der Waals surface area contributed by atoms with Crippen molar-refractivity contribution in [1.82, 2.24) is 4.72 Å². The lowest BCUT2D eigenvalue weighted by molar-refractivity contribution is 0.114. The highest BCUT2D eigenvalue weighted by Crippen LogP contribution is 2.17. The van der Waals surface area contributed by atoms with Gasteiger partial charge < -0.3 is 14.2 Å². The van der Waals surface area contributed by atoms with Crippen molar-refractivity contribution in [3.8, 4) is 5.75 Å². The fraction of sp³-hybridized carbons (Fsp3) is 0.571. The number of hydrogen-bond donors (Lipinski definition) is 1. The van der Waals surface area contributed by atoms with Crippen LogP contribution in [0.4, 0.5) is 0 Å². The summed E-state index contributed by atoms with van der Waals surface area (Å²) >= 11 is 0. The van der Waals surface area contributed by atoms with Crippen LogP contribution in [0.25, 0.3) is 0 Å². The van der Waals surface area contributed by atoms with Gasteiger partial charge in [-0.3, -0.25) is 0 Å². The van der Waals surface area contributed by atoms with Crippen molar-refractivity contribution in [1.29, 1.82) is 0 Å². The van der Waals surface area contributed by atoms with E-state index < -0.39 is 10.0 Å². The first-order valence-electron chi connectivity index (χ1n) is 6.95. The normalized spacial score (nSPS) is 18.8. The number of nitrogens with one attached hydrogen (secondary N) is 1. The molecule has 1 aromatic carbocycles. The molecule has 2 rings (SSSR count). The third kappa shape index (κ3) is 4.96. The van der Waals surface area contributed by atoms with Gasteiger partial charge in [0.15, 0.2) is 0 Å². The van der Waals surface area contributed by atoms with Gasteiger partial charge in [-0.2, -0.15) is 0 Å². The molecule has 6 nitrogen and oxygen atoms in total. The molecule has 1 saturated heterocycles. The van der Waals surface area contributed by atoms with E-state index in [0.717, 1.165) is 12.8 Å². The number of sulfonamides is 1. The average Bonchev–Trinajstić information content (AvgIpc) is 3.00. The molecule has 0 aliphatic carbocycles. The van der Waals surface area contributed by atoms with E-state index in [1.807, 2.05) is 0 Å². The van der Waals surface area contributed by atoms with E-state index in [9.17, 15) is 8.42 Å². The van der Waals surface area contributed by atoms with Gasteiger partial charge in [0, 0.05) is 20.3 Å². The zero-order chi connectivity index (χ0) is 15.1. The maximum absolute atomic E-state index is 12.1. The minimum atomic E-state index is -3.50. The van der Waals surface area contributed by atoms with Crippen LogP contribution in [0.3, 0.4) is 0 Å². The van der Waals surface area contributed by atoms with Gasteiger partial charge in [-0.25, -0.2) is 13.1 Å². The van der Waals surface area contributed by atoms with E-state index in [0.29, 0.717) is 32.1 Å². The van der Waals surface area contributed by atoms with Crippen molar-refractivity contribution in [2.45, 2.75) is 23.8 Å². The first kappa shape index (κ1) is 16.2. The Bertz CT molecular complexity index is 523. The lowest BCUT2D eigenvalue weighted by atomic mass is 10.2. The van der Waals surface area contributed by atoms with Crippen molar-refractivity contribution in [3.63, 3.8) is 0 Å². The minimum Gasteiger partial charge on any atom is -0.491 e. The fourth-order valence-corrected chi connectivity index (χ4v) is 3.12. The number of methoxy groups -OCH3 is 1. The summed E-state index contributed by atoms with van der Waals surface area (Å²) in [7, 11) is -1.90. The largest absolute Gasteiger partial charge is 0.491 e. The monoisotopic (exact) mass is 315 g/mol. The number of benzene rings is 1. The molecular formula is C14H21NO5S. The molecule has 0 aromatic heterocycles. The van der Waals surface area contributed by atoms with Crippen molar-refractivity contribution in [2.75, 3.05) is 33.5 Å². The molecule has 0 amide bonds. The standard InChI is InChI=1S/C14H21NO5S/c1-18-9-10-20-12-4-6-14(7-5-12)21(16,17)15-11-13-3-2-8-19-13/h4-7,13,15H,2-3,8-11H2,1H3/t13-/m1/s1. The molecule has 21 heavy (non-hydrogen) atoms. The van der Waals surface area contributed by atoms with Crippen LogP contribution in [0.15, 0.2) is 29.2 Å². The Hall–Kier alpha value is -1.15. The summed E-state index contributed by atoms with van der Waals surface area (Å²) in [5.41, 5.74) is 0. The highest BCUT2D eigenvalue weighted by Gasteiger charge is 2.20. The SMILES string of the molecule is COCCOc1ccc(S(=O)(=O)NC[C@H]2CCCO2)cc1. The highest BCUT2D eigenvalue weighted by molar-refractivity contribution is 7.89. The van der Waals surface area contributed by atoms with Gasteiger partial charge in [0.25, 0.3) is 0 Å². The summed E-state index contributed by atoms with van der Waals surface area (Å²) in [5, 5.41) is 0. The Morgan fingerprint density at radius 3 is 2.67 bits per heavy atom. The van der Waals surface area contributed by atoms with Crippen LogP contribution in [-0.4, -0.2) is 48.0 Å². The Kier molecular flexibility index (Phi) is 5.98. The molecule has 0 radical (unpaired) electrons. The smallest absolute Gasteiger partial charge is 0.240 e. The Morgan fingerprint density at radius 2 is 2.05 bits per heavy atom. The molecule has 0 unspecified atom stereocenters. The van der Waals surface area contributed by atoms with Crippen molar-refractivity contribution in [3.05, 3.63) is 24.3 Å². The van der Waals surface area contributed by atoms with Gasteiger partial charge in [-0.1, -0.05) is 0 Å². The molecule has 1 heterocycles. The van der Waals surface area contributed by atoms with E-state index in [2.05, 4.69) is 4.72 Å². The Labute approximate surface area is 125 Å². The Balaban J connectivity index is 1.89. The zero-order valence-electron chi connectivity index (χ0n) is 12.1. The van der Waals surface area contributed by atoms with E-state index in [1.54, 1.807) is 19.2 Å². The summed E-state index contributed by atoms with van der Waals surface area (Å²) in [5.74, 6) is 0.616. The molecule has 0 spiro atoms. The predicted octanol–water partition coefficient (Wildman–Crippen LogP) is 1.17. The first-order valence-corrected chi connectivity index (χ1v) is 8.43. The number of hydrogen-bond acceptors (Lipinski definition) is 5. The molecule has 1 N–H and O–H groups in total. The van der Waals surface area contributed by atoms with Crippen molar-refractivity contribution >= 4 is 10.0 Å². The maximum atomic E-state index is 12.1. The Morgan fingerprint density at radius 1 is 1.29 bits per heavy atom. The van der Waals surface area contributed by atoms with Gasteiger partial charge in [0.2, 0.25) is 10.0 Å². The van der Waals surface area contributed by atoms with E-state index in [1.165, 1.54) is 12.1 Å². The number of rotatable bonds is 8. The molecule has 0 saturated carbocycles. The second kappa shape index (κ2) is 7.74. The van der Waals surface area contributed by atoms with E-state index in [-0.39, 0.29) is 11.0 Å². The highest BCUT2D eigenvalue weighted by atomic mass is 32.2. The first-order chi connectivity index (χ1) is 10.1. The minimum absolute atomic E-state index is 0.0172. The summed E-state index contributed by atoms with van der Waals surface area (Å²) in [6.07, 6.45) is 1.87. The lowest BCUT2D eigenvalue weighted by Crippen LogP contribution is -2.31. The average molecular weight is 315 g/mol. The van der Waals surface area contributed by atoms with E-state index >= 15 is 0 Å². The topological polar surface area (TPSA) is 73.9 Å². The zero-order valence-corrected chi connectivity index (χ0v) is 12.9. The van der Waals surface area contributed by atoms with Crippen LogP contribution in [0.2, 0.25) is 0 Å². The van der Waals surface area contributed by atoms with Crippen LogP contribution in [0, 0.1) is 0 Å². The molecule has 1 aliphatic rings. The molecule has 1 atom stereocenters. The van der Waals surface area contributed by atoms with Crippen LogP contribution >= 0.6 is 0 Å². The number of ether oxygens (including phenoxy) is 3. The summed E-state index contributed by atoms with van der Waals surface area (Å²) in [4.78, 5) is 0.222.